The minimum absolute atomic E-state index is 0.0702. The molecule has 0 atom stereocenters. The predicted molar refractivity (Wildman–Crippen MR) is 69.1 cm³/mol. The van der Waals surface area contributed by atoms with Crippen molar-refractivity contribution in [1.29, 1.82) is 0 Å². The van der Waals surface area contributed by atoms with E-state index in [1.807, 2.05) is 0 Å². The molecule has 5 heteroatoms. The smallest absolute Gasteiger partial charge is 0.258 e. The van der Waals surface area contributed by atoms with Crippen molar-refractivity contribution in [3.63, 3.8) is 0 Å². The maximum absolute atomic E-state index is 11.9. The van der Waals surface area contributed by atoms with Crippen LogP contribution in [0.3, 0.4) is 0 Å². The minimum Gasteiger partial charge on any atom is -0.507 e. The van der Waals surface area contributed by atoms with E-state index < -0.39 is 5.91 Å². The fraction of sp³-hybridized carbons (Fsp3) is 0.462. The van der Waals surface area contributed by atoms with Gasteiger partial charge in [0.15, 0.2) is 0 Å². The summed E-state index contributed by atoms with van der Waals surface area (Å²) in [5.74, 6) is -0.298. The molecule has 0 aliphatic heterocycles. The molecular formula is C13H16ClNO3. The van der Waals surface area contributed by atoms with Crippen molar-refractivity contribution < 1.29 is 15.0 Å². The fourth-order valence-electron chi connectivity index (χ4n) is 2.01. The molecule has 0 aromatic heterocycles. The molecule has 98 valence electrons. The van der Waals surface area contributed by atoms with E-state index in [4.69, 9.17) is 11.6 Å². The molecular weight excluding hydrogens is 254 g/mol. The maximum Gasteiger partial charge on any atom is 0.258 e. The van der Waals surface area contributed by atoms with Crippen molar-refractivity contribution in [2.45, 2.75) is 19.3 Å². The lowest BCUT2D eigenvalue weighted by Gasteiger charge is -2.15. The summed E-state index contributed by atoms with van der Waals surface area (Å²) in [7, 11) is 0. The Balaban J connectivity index is 2.00. The average Bonchev–Trinajstić information content (AvgIpc) is 3.07. The number of alkyl halides is 1. The van der Waals surface area contributed by atoms with Gasteiger partial charge < -0.3 is 15.5 Å². The van der Waals surface area contributed by atoms with Crippen LogP contribution in [-0.4, -0.2) is 28.5 Å². The standard InChI is InChI=1S/C13H16ClNO3/c14-7-6-13(4-5-13)8-15-12(18)11-9(16)2-1-3-10(11)17/h1-3,16-17H,4-8H2,(H,15,18). The van der Waals surface area contributed by atoms with Gasteiger partial charge in [-0.1, -0.05) is 6.07 Å². The van der Waals surface area contributed by atoms with Crippen molar-refractivity contribution in [2.24, 2.45) is 5.41 Å². The van der Waals surface area contributed by atoms with Gasteiger partial charge >= 0.3 is 0 Å². The molecule has 0 heterocycles. The third kappa shape index (κ3) is 2.70. The van der Waals surface area contributed by atoms with Crippen LogP contribution < -0.4 is 5.32 Å². The zero-order valence-corrected chi connectivity index (χ0v) is 10.7. The van der Waals surface area contributed by atoms with Gasteiger partial charge in [-0.05, 0) is 36.8 Å². The number of phenolic OH excluding ortho intramolecular Hbond substituents is 2. The second kappa shape index (κ2) is 5.06. The Morgan fingerprint density at radius 3 is 2.44 bits per heavy atom. The Hall–Kier alpha value is -1.42. The first-order valence-electron chi connectivity index (χ1n) is 5.93. The van der Waals surface area contributed by atoms with E-state index in [2.05, 4.69) is 5.32 Å². The summed E-state index contributed by atoms with van der Waals surface area (Å²) in [6, 6.07) is 4.23. The molecule has 0 bridgehead atoms. The molecule has 1 aliphatic carbocycles. The number of benzene rings is 1. The van der Waals surface area contributed by atoms with Gasteiger partial charge in [0.1, 0.15) is 17.1 Å². The average molecular weight is 270 g/mol. The van der Waals surface area contributed by atoms with E-state index in [0.29, 0.717) is 12.4 Å². The monoisotopic (exact) mass is 269 g/mol. The van der Waals surface area contributed by atoms with Crippen molar-refractivity contribution >= 4 is 17.5 Å². The van der Waals surface area contributed by atoms with Crippen LogP contribution in [0.15, 0.2) is 18.2 Å². The Labute approximate surface area is 111 Å². The largest absolute Gasteiger partial charge is 0.507 e. The Morgan fingerprint density at radius 1 is 1.33 bits per heavy atom. The molecule has 1 fully saturated rings. The molecule has 18 heavy (non-hydrogen) atoms. The number of aromatic hydroxyl groups is 2. The van der Waals surface area contributed by atoms with E-state index in [1.54, 1.807) is 0 Å². The minimum atomic E-state index is -0.452. The van der Waals surface area contributed by atoms with Crippen LogP contribution in [0.2, 0.25) is 0 Å². The lowest BCUT2D eigenvalue weighted by molar-refractivity contribution is 0.0939. The Kier molecular flexibility index (Phi) is 3.66. The number of carbonyl (C=O) groups is 1. The van der Waals surface area contributed by atoms with Gasteiger partial charge in [0.05, 0.1) is 0 Å². The topological polar surface area (TPSA) is 69.6 Å². The molecule has 3 N–H and O–H groups in total. The highest BCUT2D eigenvalue weighted by molar-refractivity contribution is 6.17. The second-order valence-corrected chi connectivity index (χ2v) is 5.17. The molecule has 2 rings (SSSR count). The lowest BCUT2D eigenvalue weighted by atomic mass is 10.0. The maximum atomic E-state index is 11.9. The third-order valence-electron chi connectivity index (χ3n) is 3.45. The van der Waals surface area contributed by atoms with E-state index in [0.717, 1.165) is 19.3 Å². The van der Waals surface area contributed by atoms with Gasteiger partial charge in [0.25, 0.3) is 5.91 Å². The molecule has 0 spiro atoms. The van der Waals surface area contributed by atoms with Crippen LogP contribution in [-0.2, 0) is 0 Å². The summed E-state index contributed by atoms with van der Waals surface area (Å²) in [6.45, 7) is 0.534. The van der Waals surface area contributed by atoms with Crippen molar-refractivity contribution in [3.05, 3.63) is 23.8 Å². The van der Waals surface area contributed by atoms with Crippen LogP contribution in [0.1, 0.15) is 29.6 Å². The van der Waals surface area contributed by atoms with E-state index >= 15 is 0 Å². The van der Waals surface area contributed by atoms with Crippen molar-refractivity contribution in [2.75, 3.05) is 12.4 Å². The van der Waals surface area contributed by atoms with Crippen LogP contribution in [0.5, 0.6) is 11.5 Å². The highest BCUT2D eigenvalue weighted by Crippen LogP contribution is 2.48. The van der Waals surface area contributed by atoms with Crippen LogP contribution in [0.4, 0.5) is 0 Å². The first kappa shape index (κ1) is 13.0. The molecule has 1 amide bonds. The van der Waals surface area contributed by atoms with Crippen molar-refractivity contribution in [3.8, 4) is 11.5 Å². The number of hydrogen-bond donors (Lipinski definition) is 3. The number of phenols is 2. The van der Waals surface area contributed by atoms with Crippen LogP contribution in [0.25, 0.3) is 0 Å². The summed E-state index contributed by atoms with van der Waals surface area (Å²) in [5, 5.41) is 21.9. The molecule has 0 radical (unpaired) electrons. The Morgan fingerprint density at radius 2 is 1.94 bits per heavy atom. The summed E-state index contributed by atoms with van der Waals surface area (Å²) in [4.78, 5) is 11.9. The number of nitrogens with one attached hydrogen (secondary N) is 1. The lowest BCUT2D eigenvalue weighted by Crippen LogP contribution is -2.30. The molecule has 0 saturated heterocycles. The molecule has 1 aromatic carbocycles. The fourth-order valence-corrected chi connectivity index (χ4v) is 2.41. The SMILES string of the molecule is O=C(NCC1(CCCl)CC1)c1c(O)cccc1O. The molecule has 1 aliphatic rings. The third-order valence-corrected chi connectivity index (χ3v) is 3.64. The summed E-state index contributed by atoms with van der Waals surface area (Å²) in [5.41, 5.74) is 0.0522. The second-order valence-electron chi connectivity index (χ2n) is 4.79. The molecule has 1 aromatic rings. The van der Waals surface area contributed by atoms with E-state index in [-0.39, 0.29) is 22.5 Å². The van der Waals surface area contributed by atoms with Gasteiger partial charge in [-0.2, -0.15) is 0 Å². The zero-order chi connectivity index (χ0) is 13.2. The molecule has 0 unspecified atom stereocenters. The quantitative estimate of drug-likeness (QED) is 0.718. The first-order valence-corrected chi connectivity index (χ1v) is 6.46. The highest BCUT2D eigenvalue weighted by Gasteiger charge is 2.42. The number of carbonyl (C=O) groups excluding carboxylic acids is 1. The van der Waals surface area contributed by atoms with Gasteiger partial charge in [0.2, 0.25) is 0 Å². The highest BCUT2D eigenvalue weighted by atomic mass is 35.5. The first-order chi connectivity index (χ1) is 8.58. The molecule has 1 saturated carbocycles. The van der Waals surface area contributed by atoms with Crippen molar-refractivity contribution in [1.82, 2.24) is 5.32 Å². The van der Waals surface area contributed by atoms with Gasteiger partial charge in [-0.25, -0.2) is 0 Å². The molecule has 4 nitrogen and oxygen atoms in total. The summed E-state index contributed by atoms with van der Waals surface area (Å²) < 4.78 is 0. The van der Waals surface area contributed by atoms with Gasteiger partial charge in [0, 0.05) is 12.4 Å². The van der Waals surface area contributed by atoms with E-state index in [9.17, 15) is 15.0 Å². The number of hydrogen-bond acceptors (Lipinski definition) is 3. The summed E-state index contributed by atoms with van der Waals surface area (Å²) >= 11 is 5.72. The number of rotatable bonds is 5. The Bertz CT molecular complexity index is 437. The van der Waals surface area contributed by atoms with Gasteiger partial charge in [-0.15, -0.1) is 11.6 Å². The normalized spacial score (nSPS) is 16.3. The zero-order valence-electron chi connectivity index (χ0n) is 9.95. The van der Waals surface area contributed by atoms with Crippen LogP contribution in [0, 0.1) is 5.41 Å². The predicted octanol–water partition coefficient (Wildman–Crippen LogP) is 2.24. The van der Waals surface area contributed by atoms with Crippen LogP contribution >= 0.6 is 11.6 Å². The van der Waals surface area contributed by atoms with Gasteiger partial charge in [-0.3, -0.25) is 4.79 Å². The number of amides is 1. The summed E-state index contributed by atoms with van der Waals surface area (Å²) in [6.07, 6.45) is 3.00. The van der Waals surface area contributed by atoms with E-state index in [1.165, 1.54) is 18.2 Å². The number of halogens is 1.